The van der Waals surface area contributed by atoms with Gasteiger partial charge in [0.15, 0.2) is 0 Å². The van der Waals surface area contributed by atoms with Crippen LogP contribution in [0.5, 0.6) is 0 Å². The van der Waals surface area contributed by atoms with Crippen LogP contribution in [0, 0.1) is 0 Å². The third-order valence-electron chi connectivity index (χ3n) is 3.17. The molecule has 0 saturated carbocycles. The first-order valence-corrected chi connectivity index (χ1v) is 7.17. The van der Waals surface area contributed by atoms with E-state index >= 15 is 0 Å². The summed E-state index contributed by atoms with van der Waals surface area (Å²) in [7, 11) is 0. The molecule has 0 bridgehead atoms. The van der Waals surface area contributed by atoms with Gasteiger partial charge in [0.25, 0.3) is 0 Å². The van der Waals surface area contributed by atoms with Crippen molar-refractivity contribution in [3.8, 4) is 0 Å². The quantitative estimate of drug-likeness (QED) is 0.423. The van der Waals surface area contributed by atoms with Crippen LogP contribution in [0.15, 0.2) is 47.9 Å². The Kier molecular flexibility index (Phi) is 6.17. The highest BCUT2D eigenvalue weighted by Crippen LogP contribution is 2.24. The maximum Gasteiger partial charge on any atom is 0.303 e. The highest BCUT2D eigenvalue weighted by molar-refractivity contribution is 5.66. The molecule has 1 unspecified atom stereocenters. The molecule has 6 nitrogen and oxygen atoms in total. The average molecular weight is 301 g/mol. The number of oxime groups is 1. The number of carboxylic acid groups (broad SMARTS) is 1. The Morgan fingerprint density at radius 2 is 2.23 bits per heavy atom. The molecule has 0 fully saturated rings. The lowest BCUT2D eigenvalue weighted by Crippen LogP contribution is -2.04. The van der Waals surface area contributed by atoms with Gasteiger partial charge in [-0.25, -0.2) is 4.98 Å². The lowest BCUT2D eigenvalue weighted by atomic mass is 9.95. The lowest BCUT2D eigenvalue weighted by molar-refractivity contribution is -0.137. The Hall–Kier alpha value is -2.63. The molecule has 22 heavy (non-hydrogen) atoms. The first kappa shape index (κ1) is 15.8. The summed E-state index contributed by atoms with van der Waals surface area (Å²) in [6.07, 6.45) is 6.41. The Labute approximate surface area is 128 Å². The van der Waals surface area contributed by atoms with Crippen molar-refractivity contribution in [2.24, 2.45) is 5.16 Å². The number of hydrogen-bond acceptors (Lipinski definition) is 4. The number of aromatic amines is 1. The number of imidazole rings is 1. The summed E-state index contributed by atoms with van der Waals surface area (Å²) in [5.74, 6) is 0.139. The first-order chi connectivity index (χ1) is 10.8. The Bertz CT molecular complexity index is 582. The van der Waals surface area contributed by atoms with Crippen LogP contribution in [-0.2, 0) is 9.63 Å². The molecule has 1 heterocycles. The topological polar surface area (TPSA) is 87.6 Å². The lowest BCUT2D eigenvalue weighted by Gasteiger charge is -2.12. The van der Waals surface area contributed by atoms with Gasteiger partial charge >= 0.3 is 5.97 Å². The van der Waals surface area contributed by atoms with Crippen LogP contribution in [0.3, 0.4) is 0 Å². The molecule has 2 rings (SSSR count). The summed E-state index contributed by atoms with van der Waals surface area (Å²) < 4.78 is 0. The second kappa shape index (κ2) is 8.61. The van der Waals surface area contributed by atoms with E-state index in [0.717, 1.165) is 11.4 Å². The van der Waals surface area contributed by atoms with Gasteiger partial charge in [0.2, 0.25) is 0 Å². The van der Waals surface area contributed by atoms with Gasteiger partial charge in [0, 0.05) is 30.9 Å². The number of aromatic nitrogens is 2. The van der Waals surface area contributed by atoms with E-state index in [4.69, 9.17) is 9.94 Å². The molecule has 0 aliphatic rings. The first-order valence-electron chi connectivity index (χ1n) is 7.17. The number of H-pyrrole nitrogens is 1. The minimum atomic E-state index is -0.824. The van der Waals surface area contributed by atoms with E-state index in [1.807, 2.05) is 18.2 Å². The molecule has 0 aliphatic carbocycles. The van der Waals surface area contributed by atoms with E-state index in [-0.39, 0.29) is 12.3 Å². The summed E-state index contributed by atoms with van der Waals surface area (Å²) in [6, 6.07) is 10.1. The van der Waals surface area contributed by atoms with Crippen molar-refractivity contribution >= 4 is 12.2 Å². The number of carboxylic acids is 1. The van der Waals surface area contributed by atoms with Gasteiger partial charge in [0.05, 0.1) is 0 Å². The van der Waals surface area contributed by atoms with E-state index in [1.165, 1.54) is 0 Å². The van der Waals surface area contributed by atoms with Crippen LogP contribution in [0.25, 0.3) is 0 Å². The fourth-order valence-corrected chi connectivity index (χ4v) is 2.10. The summed E-state index contributed by atoms with van der Waals surface area (Å²) >= 11 is 0. The molecule has 1 aromatic heterocycles. The van der Waals surface area contributed by atoms with Crippen molar-refractivity contribution in [3.05, 3.63) is 54.1 Å². The number of rotatable bonds is 9. The molecular formula is C16H19N3O3. The Morgan fingerprint density at radius 3 is 2.91 bits per heavy atom. The van der Waals surface area contributed by atoms with Crippen LogP contribution < -0.4 is 0 Å². The number of aliphatic carboxylic acids is 1. The maximum atomic E-state index is 10.4. The van der Waals surface area contributed by atoms with Gasteiger partial charge in [-0.15, -0.1) is 0 Å². The summed E-state index contributed by atoms with van der Waals surface area (Å²) in [6.45, 7) is 0.305. The SMILES string of the molecule is O=C(O)CCCON=CCC(c1ccccc1)c1ncc[nH]1. The van der Waals surface area contributed by atoms with Crippen molar-refractivity contribution in [1.29, 1.82) is 0 Å². The number of carbonyl (C=O) groups is 1. The average Bonchev–Trinajstić information content (AvgIpc) is 3.04. The van der Waals surface area contributed by atoms with E-state index in [1.54, 1.807) is 18.6 Å². The van der Waals surface area contributed by atoms with Gasteiger partial charge in [-0.05, 0) is 18.4 Å². The highest BCUT2D eigenvalue weighted by atomic mass is 16.6. The van der Waals surface area contributed by atoms with Crippen LogP contribution >= 0.6 is 0 Å². The highest BCUT2D eigenvalue weighted by Gasteiger charge is 2.15. The number of nitrogens with zero attached hydrogens (tertiary/aromatic N) is 2. The molecule has 0 saturated heterocycles. The molecule has 6 heteroatoms. The van der Waals surface area contributed by atoms with E-state index in [9.17, 15) is 4.79 Å². The van der Waals surface area contributed by atoms with Crippen LogP contribution in [-0.4, -0.2) is 33.9 Å². The number of nitrogens with one attached hydrogen (secondary N) is 1. The smallest absolute Gasteiger partial charge is 0.303 e. The molecular weight excluding hydrogens is 282 g/mol. The molecule has 0 amide bonds. The van der Waals surface area contributed by atoms with Crippen molar-refractivity contribution in [3.63, 3.8) is 0 Å². The standard InChI is InChI=1S/C16H19N3O3/c20-15(21)7-4-12-22-19-9-8-14(16-17-10-11-18-16)13-5-2-1-3-6-13/h1-3,5-6,9-11,14H,4,7-8,12H2,(H,17,18)(H,20,21). The molecule has 0 radical (unpaired) electrons. The third-order valence-corrected chi connectivity index (χ3v) is 3.17. The largest absolute Gasteiger partial charge is 0.481 e. The molecule has 0 spiro atoms. The third kappa shape index (κ3) is 5.05. The summed E-state index contributed by atoms with van der Waals surface area (Å²) in [5.41, 5.74) is 1.15. The van der Waals surface area contributed by atoms with Crippen LogP contribution in [0.2, 0.25) is 0 Å². The second-order valence-electron chi connectivity index (χ2n) is 4.79. The molecule has 1 atom stereocenters. The second-order valence-corrected chi connectivity index (χ2v) is 4.79. The zero-order valence-electron chi connectivity index (χ0n) is 12.2. The molecule has 2 aromatic rings. The van der Waals surface area contributed by atoms with Crippen LogP contribution in [0.4, 0.5) is 0 Å². The molecule has 0 aliphatic heterocycles. The van der Waals surface area contributed by atoms with Crippen LogP contribution in [0.1, 0.15) is 36.6 Å². The van der Waals surface area contributed by atoms with E-state index < -0.39 is 5.97 Å². The van der Waals surface area contributed by atoms with Gasteiger partial charge < -0.3 is 14.9 Å². The van der Waals surface area contributed by atoms with Crippen molar-refractivity contribution < 1.29 is 14.7 Å². The summed E-state index contributed by atoms with van der Waals surface area (Å²) in [5, 5.41) is 12.4. The van der Waals surface area contributed by atoms with Crippen molar-refractivity contribution in [1.82, 2.24) is 9.97 Å². The predicted octanol–water partition coefficient (Wildman–Crippen LogP) is 2.80. The van der Waals surface area contributed by atoms with Gasteiger partial charge in [0.1, 0.15) is 12.4 Å². The van der Waals surface area contributed by atoms with Gasteiger partial charge in [-0.2, -0.15) is 0 Å². The van der Waals surface area contributed by atoms with Crippen molar-refractivity contribution in [2.75, 3.05) is 6.61 Å². The Morgan fingerprint density at radius 1 is 1.41 bits per heavy atom. The van der Waals surface area contributed by atoms with Crippen molar-refractivity contribution in [2.45, 2.75) is 25.2 Å². The fourth-order valence-electron chi connectivity index (χ4n) is 2.10. The van der Waals surface area contributed by atoms with Gasteiger partial charge in [-0.1, -0.05) is 35.5 Å². The van der Waals surface area contributed by atoms with E-state index in [0.29, 0.717) is 19.4 Å². The maximum absolute atomic E-state index is 10.4. The fraction of sp³-hybridized carbons (Fsp3) is 0.312. The predicted molar refractivity (Wildman–Crippen MR) is 82.8 cm³/mol. The zero-order chi connectivity index (χ0) is 15.6. The molecule has 2 N–H and O–H groups in total. The van der Waals surface area contributed by atoms with E-state index in [2.05, 4.69) is 27.3 Å². The number of hydrogen-bond donors (Lipinski definition) is 2. The molecule has 116 valence electrons. The zero-order valence-corrected chi connectivity index (χ0v) is 12.2. The monoisotopic (exact) mass is 301 g/mol. The minimum Gasteiger partial charge on any atom is -0.481 e. The Balaban J connectivity index is 1.87. The minimum absolute atomic E-state index is 0.0857. The normalized spacial score (nSPS) is 12.4. The number of benzene rings is 1. The van der Waals surface area contributed by atoms with Gasteiger partial charge in [-0.3, -0.25) is 4.79 Å². The summed E-state index contributed by atoms with van der Waals surface area (Å²) in [4.78, 5) is 22.9. The molecule has 1 aromatic carbocycles.